The number of benzene rings is 1. The average Bonchev–Trinajstić information content (AvgIpc) is 2.97. The molecule has 6 rings (SSSR count). The lowest BCUT2D eigenvalue weighted by Crippen LogP contribution is -2.46. The number of fused-ring (bicyclic) bond motifs is 2. The van der Waals surface area contributed by atoms with Crippen molar-refractivity contribution in [2.24, 2.45) is 13.0 Å². The smallest absolute Gasteiger partial charge is 0.270 e. The molecule has 9 heteroatoms. The molecule has 206 valence electrons. The second kappa shape index (κ2) is 10.7. The third-order valence-electron chi connectivity index (χ3n) is 8.99. The molecule has 2 fully saturated rings. The molecule has 0 radical (unpaired) electrons. The molecule has 2 aliphatic carbocycles. The van der Waals surface area contributed by atoms with Gasteiger partial charge in [0.05, 0.1) is 11.2 Å². The van der Waals surface area contributed by atoms with Gasteiger partial charge in [-0.1, -0.05) is 6.42 Å². The van der Waals surface area contributed by atoms with Crippen LogP contribution in [0.1, 0.15) is 56.2 Å². The number of rotatable bonds is 6. The molecular weight excluding hydrogens is 504 g/mol. The van der Waals surface area contributed by atoms with Crippen molar-refractivity contribution in [2.45, 2.75) is 57.0 Å². The number of aryl methyl sites for hydroxylation is 1. The second-order valence-electron chi connectivity index (χ2n) is 11.2. The molecule has 0 bridgehead atoms. The van der Waals surface area contributed by atoms with Gasteiger partial charge in [-0.05, 0) is 68.7 Å². The van der Waals surface area contributed by atoms with Gasteiger partial charge in [0.1, 0.15) is 42.1 Å². The summed E-state index contributed by atoms with van der Waals surface area (Å²) in [6.07, 6.45) is 7.71. The standard InChI is InChI=1S/C31H34N6O3/c1-35(30-25(18-33)31(38)36(2)26-12-6-21(17-32)34-29(26)30)22-7-9-23(10-8-22)37(19-20-4-3-5-20)24-11-13-27-28(16-24)40-15-14-39-27/h6,11-13,16,20,22-23H,3-5,7-10,14-15,19H2,1-2H3/t22-,23-. The molecule has 2 saturated carbocycles. The van der Waals surface area contributed by atoms with Gasteiger partial charge in [-0.3, -0.25) is 4.79 Å². The van der Waals surface area contributed by atoms with E-state index in [0.717, 1.165) is 49.6 Å². The maximum absolute atomic E-state index is 13.1. The summed E-state index contributed by atoms with van der Waals surface area (Å²) in [7, 11) is 3.59. The summed E-state index contributed by atoms with van der Waals surface area (Å²) in [4.78, 5) is 22.3. The van der Waals surface area contributed by atoms with E-state index in [-0.39, 0.29) is 22.9 Å². The second-order valence-corrected chi connectivity index (χ2v) is 11.2. The Hall–Kier alpha value is -4.24. The summed E-state index contributed by atoms with van der Waals surface area (Å²) in [6.45, 7) is 2.20. The van der Waals surface area contributed by atoms with Crippen molar-refractivity contribution in [1.82, 2.24) is 9.55 Å². The normalized spacial score (nSPS) is 20.3. The predicted octanol–water partition coefficient (Wildman–Crippen LogP) is 4.50. The van der Waals surface area contributed by atoms with E-state index in [4.69, 9.17) is 9.47 Å². The van der Waals surface area contributed by atoms with Crippen molar-refractivity contribution in [3.8, 4) is 23.6 Å². The molecule has 3 aliphatic rings. The van der Waals surface area contributed by atoms with E-state index in [2.05, 4.69) is 39.1 Å². The number of nitrogens with zero attached hydrogens (tertiary/aromatic N) is 6. The molecule has 0 atom stereocenters. The van der Waals surface area contributed by atoms with E-state index >= 15 is 0 Å². The van der Waals surface area contributed by atoms with Gasteiger partial charge in [0.2, 0.25) is 0 Å². The third kappa shape index (κ3) is 4.60. The minimum atomic E-state index is -0.345. The molecule has 1 aliphatic heterocycles. The number of anilines is 2. The zero-order valence-electron chi connectivity index (χ0n) is 23.1. The minimum absolute atomic E-state index is 0.0742. The van der Waals surface area contributed by atoms with E-state index in [9.17, 15) is 15.3 Å². The lowest BCUT2D eigenvalue weighted by Gasteiger charge is -2.44. The molecule has 9 nitrogen and oxygen atoms in total. The first-order valence-corrected chi connectivity index (χ1v) is 14.2. The Morgan fingerprint density at radius 3 is 2.38 bits per heavy atom. The van der Waals surface area contributed by atoms with Crippen molar-refractivity contribution in [3.63, 3.8) is 0 Å². The molecule has 0 amide bonds. The first-order chi connectivity index (χ1) is 19.5. The zero-order valence-corrected chi connectivity index (χ0v) is 23.1. The Bertz CT molecular complexity index is 1570. The number of nitriles is 2. The van der Waals surface area contributed by atoms with Crippen molar-refractivity contribution in [2.75, 3.05) is 36.6 Å². The van der Waals surface area contributed by atoms with Crippen LogP contribution in [0.5, 0.6) is 11.5 Å². The maximum atomic E-state index is 13.1. The van der Waals surface area contributed by atoms with Crippen LogP contribution in [0.3, 0.4) is 0 Å². The summed E-state index contributed by atoms with van der Waals surface area (Å²) in [6, 6.07) is 14.4. The van der Waals surface area contributed by atoms with Gasteiger partial charge in [0.15, 0.2) is 11.5 Å². The first kappa shape index (κ1) is 26.0. The molecule has 3 heterocycles. The van der Waals surface area contributed by atoms with Gasteiger partial charge in [0.25, 0.3) is 5.56 Å². The lowest BCUT2D eigenvalue weighted by molar-refractivity contribution is 0.171. The monoisotopic (exact) mass is 538 g/mol. The number of hydrogen-bond donors (Lipinski definition) is 0. The summed E-state index contributed by atoms with van der Waals surface area (Å²) >= 11 is 0. The van der Waals surface area contributed by atoms with E-state index in [1.165, 1.54) is 29.5 Å². The quantitative estimate of drug-likeness (QED) is 0.451. The van der Waals surface area contributed by atoms with Crippen LogP contribution in [-0.2, 0) is 7.05 Å². The van der Waals surface area contributed by atoms with Gasteiger partial charge in [-0.15, -0.1) is 0 Å². The molecule has 0 spiro atoms. The Labute approximate surface area is 234 Å². The van der Waals surface area contributed by atoms with Gasteiger partial charge < -0.3 is 23.8 Å². The molecular formula is C31H34N6O3. The fourth-order valence-corrected chi connectivity index (χ4v) is 6.47. The number of ether oxygens (including phenoxy) is 2. The Morgan fingerprint density at radius 2 is 1.70 bits per heavy atom. The van der Waals surface area contributed by atoms with Crippen LogP contribution < -0.4 is 24.8 Å². The van der Waals surface area contributed by atoms with Gasteiger partial charge in [0, 0.05) is 44.5 Å². The minimum Gasteiger partial charge on any atom is -0.486 e. The molecule has 1 aromatic carbocycles. The largest absolute Gasteiger partial charge is 0.486 e. The van der Waals surface area contributed by atoms with Crippen LogP contribution in [0.2, 0.25) is 0 Å². The summed E-state index contributed by atoms with van der Waals surface area (Å²) in [5, 5.41) is 19.5. The predicted molar refractivity (Wildman–Crippen MR) is 153 cm³/mol. The fraction of sp³-hybridized carbons (Fsp3) is 0.484. The Morgan fingerprint density at radius 1 is 0.975 bits per heavy atom. The summed E-state index contributed by atoms with van der Waals surface area (Å²) < 4.78 is 13.1. The van der Waals surface area contributed by atoms with Crippen LogP contribution in [0, 0.1) is 28.6 Å². The highest BCUT2D eigenvalue weighted by atomic mass is 16.6. The number of hydrogen-bond acceptors (Lipinski definition) is 8. The van der Waals surface area contributed by atoms with E-state index < -0.39 is 0 Å². The van der Waals surface area contributed by atoms with Crippen LogP contribution in [0.4, 0.5) is 11.4 Å². The van der Waals surface area contributed by atoms with Crippen LogP contribution >= 0.6 is 0 Å². The first-order valence-electron chi connectivity index (χ1n) is 14.2. The SMILES string of the molecule is Cn1c(=O)c(C#N)c(N(C)[C@H]2CC[C@H](N(CC3CCC3)c3ccc4c(c3)OCCO4)CC2)c2nc(C#N)ccc21. The van der Waals surface area contributed by atoms with Gasteiger partial charge >= 0.3 is 0 Å². The van der Waals surface area contributed by atoms with E-state index in [1.807, 2.05) is 13.1 Å². The summed E-state index contributed by atoms with van der Waals surface area (Å²) in [5.74, 6) is 2.35. The third-order valence-corrected chi connectivity index (χ3v) is 8.99. The van der Waals surface area contributed by atoms with Crippen molar-refractivity contribution >= 4 is 22.4 Å². The topological polar surface area (TPSA) is 107 Å². The highest BCUT2D eigenvalue weighted by Crippen LogP contribution is 2.40. The van der Waals surface area contributed by atoms with Crippen LogP contribution in [0.15, 0.2) is 35.1 Å². The molecule has 0 saturated heterocycles. The van der Waals surface area contributed by atoms with Gasteiger partial charge in [-0.2, -0.15) is 10.5 Å². The zero-order chi connectivity index (χ0) is 27.8. The van der Waals surface area contributed by atoms with Crippen LogP contribution in [-0.4, -0.2) is 48.4 Å². The number of pyridine rings is 2. The maximum Gasteiger partial charge on any atom is 0.270 e. The molecule has 2 aromatic heterocycles. The Kier molecular flexibility index (Phi) is 6.98. The van der Waals surface area contributed by atoms with Crippen molar-refractivity contribution in [1.29, 1.82) is 10.5 Å². The molecule has 3 aromatic rings. The number of aromatic nitrogens is 2. The average molecular weight is 539 g/mol. The van der Waals surface area contributed by atoms with E-state index in [1.54, 1.807) is 19.2 Å². The lowest BCUT2D eigenvalue weighted by atomic mass is 9.83. The molecule has 40 heavy (non-hydrogen) atoms. The highest BCUT2D eigenvalue weighted by molar-refractivity contribution is 5.92. The van der Waals surface area contributed by atoms with Crippen molar-refractivity contribution in [3.05, 3.63) is 51.9 Å². The van der Waals surface area contributed by atoms with Crippen molar-refractivity contribution < 1.29 is 9.47 Å². The summed E-state index contributed by atoms with van der Waals surface area (Å²) in [5.41, 5.74) is 2.84. The molecule has 0 unspecified atom stereocenters. The fourth-order valence-electron chi connectivity index (χ4n) is 6.47. The highest BCUT2D eigenvalue weighted by Gasteiger charge is 2.33. The Balaban J connectivity index is 1.27. The van der Waals surface area contributed by atoms with Crippen LogP contribution in [0.25, 0.3) is 11.0 Å². The van der Waals surface area contributed by atoms with E-state index in [0.29, 0.717) is 36.0 Å². The molecule has 0 N–H and O–H groups in total. The van der Waals surface area contributed by atoms with Gasteiger partial charge in [-0.25, -0.2) is 4.98 Å².